The normalized spacial score (nSPS) is 37.7. The van der Waals surface area contributed by atoms with Gasteiger partial charge < -0.3 is 19.3 Å². The molecule has 0 bridgehead atoms. The fourth-order valence-corrected chi connectivity index (χ4v) is 6.98. The highest BCUT2D eigenvalue weighted by molar-refractivity contribution is 5.76. The number of carbonyl (C=O) groups is 1. The van der Waals surface area contributed by atoms with Gasteiger partial charge in [-0.3, -0.25) is 14.6 Å². The molecule has 2 saturated heterocycles. The van der Waals surface area contributed by atoms with Gasteiger partial charge in [0.25, 0.3) is 0 Å². The molecule has 7 nitrogen and oxygen atoms in total. The fourth-order valence-electron chi connectivity index (χ4n) is 6.98. The van der Waals surface area contributed by atoms with Crippen molar-refractivity contribution in [3.8, 4) is 11.5 Å². The molecule has 2 aliphatic carbocycles. The van der Waals surface area contributed by atoms with Crippen molar-refractivity contribution in [2.24, 2.45) is 23.2 Å². The quantitative estimate of drug-likeness (QED) is 0.538. The summed E-state index contributed by atoms with van der Waals surface area (Å²) in [6.07, 6.45) is 4.53. The number of nitrogens with zero attached hydrogens (tertiary/aromatic N) is 2. The van der Waals surface area contributed by atoms with Crippen molar-refractivity contribution in [2.75, 3.05) is 39.5 Å². The van der Waals surface area contributed by atoms with Crippen LogP contribution in [0.2, 0.25) is 0 Å². The Kier molecular flexibility index (Phi) is 5.62. The number of ether oxygens (including phenoxy) is 3. The number of hydrogen-bond donors (Lipinski definition) is 1. The van der Waals surface area contributed by atoms with Crippen molar-refractivity contribution in [3.63, 3.8) is 0 Å². The Morgan fingerprint density at radius 3 is 2.71 bits per heavy atom. The van der Waals surface area contributed by atoms with Crippen LogP contribution in [0, 0.1) is 23.2 Å². The van der Waals surface area contributed by atoms with Gasteiger partial charge in [0.05, 0.1) is 12.0 Å². The topological polar surface area (TPSA) is 71.5 Å². The Bertz CT molecular complexity index is 987. The lowest BCUT2D eigenvalue weighted by Gasteiger charge is -2.52. The van der Waals surface area contributed by atoms with E-state index >= 15 is 0 Å². The van der Waals surface area contributed by atoms with Gasteiger partial charge in [-0.1, -0.05) is 31.6 Å². The van der Waals surface area contributed by atoms with Crippen LogP contribution in [0.5, 0.6) is 11.5 Å². The van der Waals surface area contributed by atoms with Crippen molar-refractivity contribution in [3.05, 3.63) is 35.4 Å². The van der Waals surface area contributed by atoms with Crippen LogP contribution >= 0.6 is 0 Å². The van der Waals surface area contributed by atoms with E-state index in [4.69, 9.17) is 14.2 Å². The van der Waals surface area contributed by atoms with E-state index in [1.165, 1.54) is 11.1 Å². The van der Waals surface area contributed by atoms with Gasteiger partial charge in [0, 0.05) is 57.0 Å². The van der Waals surface area contributed by atoms with E-state index < -0.39 is 6.10 Å². The monoisotopic (exact) mass is 468 g/mol. The number of hydrogen-bond acceptors (Lipinski definition) is 7. The van der Waals surface area contributed by atoms with Gasteiger partial charge in [0.15, 0.2) is 11.5 Å². The highest BCUT2D eigenvalue weighted by atomic mass is 16.7. The third-order valence-electron chi connectivity index (χ3n) is 9.33. The van der Waals surface area contributed by atoms with Gasteiger partial charge in [0.2, 0.25) is 6.79 Å². The van der Waals surface area contributed by atoms with Crippen LogP contribution in [0.1, 0.15) is 38.7 Å². The Hall–Kier alpha value is -2.09. The van der Waals surface area contributed by atoms with Crippen molar-refractivity contribution < 1.29 is 24.1 Å². The van der Waals surface area contributed by atoms with Gasteiger partial charge in [-0.15, -0.1) is 0 Å². The van der Waals surface area contributed by atoms with E-state index in [-0.39, 0.29) is 29.3 Å². The molecule has 6 atom stereocenters. The maximum Gasteiger partial charge on any atom is 0.311 e. The molecule has 6 rings (SSSR count). The number of esters is 1. The molecule has 3 fully saturated rings. The smallest absolute Gasteiger partial charge is 0.311 e. The fraction of sp³-hybridized carbons (Fsp3) is 0.667. The minimum absolute atomic E-state index is 0.109. The van der Waals surface area contributed by atoms with Crippen molar-refractivity contribution in [2.45, 2.75) is 51.9 Å². The minimum Gasteiger partial charge on any atom is -0.461 e. The second-order valence-electron chi connectivity index (χ2n) is 11.1. The number of benzene rings is 1. The molecular formula is C27H36N2O5. The molecular weight excluding hydrogens is 432 g/mol. The third kappa shape index (κ3) is 3.64. The van der Waals surface area contributed by atoms with Gasteiger partial charge in [0.1, 0.15) is 6.10 Å². The first kappa shape index (κ1) is 22.4. The van der Waals surface area contributed by atoms with E-state index in [9.17, 15) is 9.90 Å². The van der Waals surface area contributed by atoms with E-state index in [1.807, 2.05) is 6.07 Å². The van der Waals surface area contributed by atoms with Crippen LogP contribution in [0.3, 0.4) is 0 Å². The molecule has 3 heterocycles. The second-order valence-corrected chi connectivity index (χ2v) is 11.1. The van der Waals surface area contributed by atoms with Gasteiger partial charge in [-0.05, 0) is 36.5 Å². The van der Waals surface area contributed by atoms with Crippen LogP contribution in [0.15, 0.2) is 29.8 Å². The lowest BCUT2D eigenvalue weighted by atomic mass is 9.55. The molecule has 34 heavy (non-hydrogen) atoms. The summed E-state index contributed by atoms with van der Waals surface area (Å²) in [5.74, 6) is 1.59. The summed E-state index contributed by atoms with van der Waals surface area (Å²) in [5, 5.41) is 11.6. The first-order chi connectivity index (χ1) is 16.4. The maximum atomic E-state index is 12.9. The summed E-state index contributed by atoms with van der Waals surface area (Å²) in [5.41, 5.74) is 2.28. The molecule has 3 aliphatic heterocycles. The lowest BCUT2D eigenvalue weighted by Crippen LogP contribution is -2.55. The molecule has 184 valence electrons. The second kappa shape index (κ2) is 8.54. The number of aliphatic hydroxyl groups is 1. The molecule has 0 radical (unpaired) electrons. The van der Waals surface area contributed by atoms with Crippen LogP contribution in [0.25, 0.3) is 0 Å². The summed E-state index contributed by atoms with van der Waals surface area (Å²) in [6, 6.07) is 6.16. The van der Waals surface area contributed by atoms with Crippen LogP contribution < -0.4 is 9.47 Å². The van der Waals surface area contributed by atoms with Crippen LogP contribution in [-0.2, 0) is 16.1 Å². The highest BCUT2D eigenvalue weighted by Gasteiger charge is 2.59. The predicted molar refractivity (Wildman–Crippen MR) is 126 cm³/mol. The summed E-state index contributed by atoms with van der Waals surface area (Å²) in [7, 11) is 0. The maximum absolute atomic E-state index is 12.9. The SMILES string of the molecule is C[C@@H]1CCC=C2C[C@H]3OC(=O)[C@H](CN4CCN(Cc5ccc6c(c5)OCO6)CC4)[C@@H]3[C@H](O)[C@@]21C. The number of aliphatic hydroxyl groups excluding tert-OH is 1. The van der Waals surface area contributed by atoms with E-state index in [0.717, 1.165) is 63.5 Å². The van der Waals surface area contributed by atoms with Crippen molar-refractivity contribution >= 4 is 5.97 Å². The average Bonchev–Trinajstić information content (AvgIpc) is 3.41. The zero-order chi connectivity index (χ0) is 23.4. The van der Waals surface area contributed by atoms with Crippen molar-refractivity contribution in [1.82, 2.24) is 9.80 Å². The third-order valence-corrected chi connectivity index (χ3v) is 9.33. The molecule has 0 aromatic heterocycles. The standard InChI is InChI=1S/C27H36N2O5/c1-17-4-3-5-19-13-23-24(25(30)27(17,19)2)20(26(31)34-23)15-29-10-8-28(9-11-29)14-18-6-7-21-22(12-18)33-16-32-21/h5-7,12,17,20,23-25,30H,3-4,8-11,13-16H2,1-2H3/t17-,20-,23-,24+,25+,27-/m1/s1. The summed E-state index contributed by atoms with van der Waals surface area (Å²) in [4.78, 5) is 17.8. The van der Waals surface area contributed by atoms with Crippen molar-refractivity contribution in [1.29, 1.82) is 0 Å². The van der Waals surface area contributed by atoms with Gasteiger partial charge >= 0.3 is 5.97 Å². The highest BCUT2D eigenvalue weighted by Crippen LogP contribution is 2.56. The summed E-state index contributed by atoms with van der Waals surface area (Å²) >= 11 is 0. The molecule has 1 aromatic carbocycles. The molecule has 7 heteroatoms. The Labute approximate surface area is 201 Å². The molecule has 0 spiro atoms. The molecule has 1 aromatic rings. The molecule has 1 saturated carbocycles. The van der Waals surface area contributed by atoms with Gasteiger partial charge in [-0.2, -0.15) is 0 Å². The Morgan fingerprint density at radius 2 is 1.88 bits per heavy atom. The summed E-state index contributed by atoms with van der Waals surface area (Å²) < 4.78 is 16.8. The molecule has 0 amide bonds. The summed E-state index contributed by atoms with van der Waals surface area (Å²) in [6.45, 7) is 10.1. The predicted octanol–water partition coefficient (Wildman–Crippen LogP) is 2.82. The largest absolute Gasteiger partial charge is 0.461 e. The number of carbonyl (C=O) groups excluding carboxylic acids is 1. The van der Waals surface area contributed by atoms with E-state index in [0.29, 0.717) is 19.3 Å². The average molecular weight is 469 g/mol. The number of allylic oxidation sites excluding steroid dienone is 1. The van der Waals surface area contributed by atoms with Crippen LogP contribution in [-0.4, -0.2) is 72.6 Å². The molecule has 0 unspecified atom stereocenters. The zero-order valence-electron chi connectivity index (χ0n) is 20.2. The molecule has 1 N–H and O–H groups in total. The number of fused-ring (bicyclic) bond motifs is 3. The van der Waals surface area contributed by atoms with E-state index in [2.05, 4.69) is 41.9 Å². The van der Waals surface area contributed by atoms with Gasteiger partial charge in [-0.25, -0.2) is 0 Å². The first-order valence-electron chi connectivity index (χ1n) is 12.8. The lowest BCUT2D eigenvalue weighted by molar-refractivity contribution is -0.145. The zero-order valence-corrected chi connectivity index (χ0v) is 20.2. The van der Waals surface area contributed by atoms with E-state index in [1.54, 1.807) is 0 Å². The Morgan fingerprint density at radius 1 is 1.12 bits per heavy atom. The molecule has 5 aliphatic rings. The minimum atomic E-state index is -0.531. The first-order valence-corrected chi connectivity index (χ1v) is 12.8. The Balaban J connectivity index is 1.09. The van der Waals surface area contributed by atoms with Crippen LogP contribution in [0.4, 0.5) is 0 Å². The number of rotatable bonds is 4. The number of piperazine rings is 1.